The Kier molecular flexibility index (Phi) is 3.40. The maximum atomic E-state index is 12.7. The van der Waals surface area contributed by atoms with Crippen molar-refractivity contribution >= 4 is 5.78 Å². The van der Waals surface area contributed by atoms with Crippen molar-refractivity contribution in [2.45, 2.75) is 65.2 Å². The number of phenols is 2. The van der Waals surface area contributed by atoms with Crippen molar-refractivity contribution in [3.05, 3.63) is 34.4 Å². The summed E-state index contributed by atoms with van der Waals surface area (Å²) in [7, 11) is 0. The van der Waals surface area contributed by atoms with E-state index in [0.29, 0.717) is 16.7 Å². The van der Waals surface area contributed by atoms with E-state index in [1.807, 2.05) is 13.8 Å². The van der Waals surface area contributed by atoms with Gasteiger partial charge in [-0.2, -0.15) is 0 Å². The third-order valence-corrected chi connectivity index (χ3v) is 5.82. The van der Waals surface area contributed by atoms with Crippen LogP contribution in [0.1, 0.15) is 81.3 Å². The third kappa shape index (κ3) is 2.13. The molecule has 0 aromatic heterocycles. The molecular weight excluding hydrogens is 288 g/mol. The molecule has 0 spiro atoms. The molecule has 2 aliphatic carbocycles. The summed E-state index contributed by atoms with van der Waals surface area (Å²) in [6.45, 7) is 10.3. The van der Waals surface area contributed by atoms with Crippen LogP contribution in [0, 0.1) is 5.41 Å². The van der Waals surface area contributed by atoms with Gasteiger partial charge < -0.3 is 10.2 Å². The van der Waals surface area contributed by atoms with Crippen molar-refractivity contribution in [1.82, 2.24) is 0 Å². The van der Waals surface area contributed by atoms with Crippen molar-refractivity contribution in [1.29, 1.82) is 0 Å². The lowest BCUT2D eigenvalue weighted by Gasteiger charge is -2.48. The Labute approximate surface area is 138 Å². The van der Waals surface area contributed by atoms with E-state index >= 15 is 0 Å². The fraction of sp³-hybridized carbons (Fsp3) is 0.550. The van der Waals surface area contributed by atoms with Gasteiger partial charge in [-0.3, -0.25) is 4.79 Å². The normalized spacial score (nSPS) is 25.8. The van der Waals surface area contributed by atoms with Crippen LogP contribution in [0.4, 0.5) is 0 Å². The molecule has 2 N–H and O–H groups in total. The van der Waals surface area contributed by atoms with Gasteiger partial charge in [0.15, 0.2) is 17.3 Å². The molecule has 0 saturated heterocycles. The number of benzene rings is 1. The molecule has 1 fully saturated rings. The van der Waals surface area contributed by atoms with E-state index in [0.717, 1.165) is 24.8 Å². The summed E-state index contributed by atoms with van der Waals surface area (Å²) < 4.78 is 0. The summed E-state index contributed by atoms with van der Waals surface area (Å²) in [5, 5.41) is 21.2. The lowest BCUT2D eigenvalue weighted by Crippen LogP contribution is -2.41. The van der Waals surface area contributed by atoms with Gasteiger partial charge in [-0.05, 0) is 36.3 Å². The average molecular weight is 314 g/mol. The average Bonchev–Trinajstić information content (AvgIpc) is 2.43. The Hall–Kier alpha value is -1.77. The molecule has 23 heavy (non-hydrogen) atoms. The topological polar surface area (TPSA) is 57.5 Å². The molecule has 0 aliphatic heterocycles. The van der Waals surface area contributed by atoms with Crippen molar-refractivity contribution < 1.29 is 15.0 Å². The van der Waals surface area contributed by atoms with E-state index in [9.17, 15) is 15.0 Å². The van der Waals surface area contributed by atoms with E-state index in [2.05, 4.69) is 20.8 Å². The molecule has 1 aromatic carbocycles. The van der Waals surface area contributed by atoms with E-state index in [-0.39, 0.29) is 34.0 Å². The van der Waals surface area contributed by atoms with Crippen LogP contribution >= 0.6 is 0 Å². The highest BCUT2D eigenvalue weighted by Gasteiger charge is 2.48. The summed E-state index contributed by atoms with van der Waals surface area (Å²) in [6.07, 6.45) is 4.74. The Morgan fingerprint density at radius 3 is 2.35 bits per heavy atom. The number of rotatable bonds is 1. The van der Waals surface area contributed by atoms with Gasteiger partial charge in [-0.15, -0.1) is 0 Å². The second-order valence-corrected chi connectivity index (χ2v) is 8.23. The Balaban J connectivity index is 2.33. The van der Waals surface area contributed by atoms with E-state index in [1.54, 1.807) is 12.1 Å². The Morgan fingerprint density at radius 2 is 1.74 bits per heavy atom. The standard InChI is InChI=1S/C20H26O3/c1-11(2)12-9-13-14(21)10-15-19(3,4)7-6-8-20(15,5)16(13)18(23)17(12)22/h9-11,22-23H,6-8H2,1-5H3. The molecular formula is C20H26O3. The minimum absolute atomic E-state index is 0.0416. The molecule has 1 aromatic rings. The molecule has 3 rings (SSSR count). The summed E-state index contributed by atoms with van der Waals surface area (Å²) in [4.78, 5) is 12.7. The molecule has 0 amide bonds. The van der Waals surface area contributed by atoms with E-state index in [4.69, 9.17) is 0 Å². The number of allylic oxidation sites excluding steroid dienone is 2. The van der Waals surface area contributed by atoms with Gasteiger partial charge in [0.2, 0.25) is 0 Å². The second-order valence-electron chi connectivity index (χ2n) is 8.23. The Morgan fingerprint density at radius 1 is 1.09 bits per heavy atom. The second kappa shape index (κ2) is 4.86. The molecule has 0 heterocycles. The van der Waals surface area contributed by atoms with Gasteiger partial charge in [0.1, 0.15) is 0 Å². The molecule has 1 atom stereocenters. The van der Waals surface area contributed by atoms with Crippen molar-refractivity contribution in [2.24, 2.45) is 5.41 Å². The van der Waals surface area contributed by atoms with Crippen LogP contribution in [-0.4, -0.2) is 16.0 Å². The summed E-state index contributed by atoms with van der Waals surface area (Å²) >= 11 is 0. The first kappa shape index (κ1) is 16.1. The number of hydrogen-bond acceptors (Lipinski definition) is 3. The van der Waals surface area contributed by atoms with Gasteiger partial charge in [0.05, 0.1) is 0 Å². The van der Waals surface area contributed by atoms with Crippen molar-refractivity contribution in [2.75, 3.05) is 0 Å². The predicted octanol–water partition coefficient (Wildman–Crippen LogP) is 4.81. The zero-order chi connectivity index (χ0) is 17.2. The quantitative estimate of drug-likeness (QED) is 0.731. The predicted molar refractivity (Wildman–Crippen MR) is 91.3 cm³/mol. The van der Waals surface area contributed by atoms with Crippen molar-refractivity contribution in [3.63, 3.8) is 0 Å². The molecule has 1 unspecified atom stereocenters. The molecule has 3 heteroatoms. The smallest absolute Gasteiger partial charge is 0.186 e. The van der Waals surface area contributed by atoms with Crippen LogP contribution in [0.15, 0.2) is 17.7 Å². The maximum Gasteiger partial charge on any atom is 0.186 e. The highest BCUT2D eigenvalue weighted by molar-refractivity contribution is 6.09. The lowest BCUT2D eigenvalue weighted by molar-refractivity contribution is 0.102. The lowest BCUT2D eigenvalue weighted by atomic mass is 9.55. The third-order valence-electron chi connectivity index (χ3n) is 5.82. The minimum Gasteiger partial charge on any atom is -0.504 e. The molecule has 1 saturated carbocycles. The Bertz CT molecular complexity index is 725. The maximum absolute atomic E-state index is 12.7. The van der Waals surface area contributed by atoms with Crippen LogP contribution in [0.3, 0.4) is 0 Å². The monoisotopic (exact) mass is 314 g/mol. The largest absolute Gasteiger partial charge is 0.504 e. The first-order valence-electron chi connectivity index (χ1n) is 8.46. The van der Waals surface area contributed by atoms with Crippen molar-refractivity contribution in [3.8, 4) is 11.5 Å². The van der Waals surface area contributed by atoms with Gasteiger partial charge in [0.25, 0.3) is 0 Å². The molecule has 0 bridgehead atoms. The minimum atomic E-state index is -0.387. The first-order valence-corrected chi connectivity index (χ1v) is 8.46. The van der Waals surface area contributed by atoms with E-state index in [1.165, 1.54) is 0 Å². The number of carbonyl (C=O) groups excluding carboxylic acids is 1. The van der Waals surface area contributed by atoms with Gasteiger partial charge >= 0.3 is 0 Å². The van der Waals surface area contributed by atoms with Crippen LogP contribution in [-0.2, 0) is 5.41 Å². The number of fused-ring (bicyclic) bond motifs is 3. The molecule has 0 radical (unpaired) electrons. The molecule has 124 valence electrons. The van der Waals surface area contributed by atoms with Crippen LogP contribution in [0.2, 0.25) is 0 Å². The van der Waals surface area contributed by atoms with Crippen LogP contribution in [0.25, 0.3) is 0 Å². The summed E-state index contributed by atoms with van der Waals surface area (Å²) in [6, 6.07) is 1.78. The van der Waals surface area contributed by atoms with Crippen LogP contribution in [0.5, 0.6) is 11.5 Å². The SMILES string of the molecule is CC(C)c1cc2c(c(O)c1O)C1(C)CCCC(C)(C)C1=CC2=O. The fourth-order valence-corrected chi connectivity index (χ4v) is 4.59. The van der Waals surface area contributed by atoms with Gasteiger partial charge in [-0.1, -0.05) is 46.6 Å². The first-order chi connectivity index (χ1) is 10.6. The van der Waals surface area contributed by atoms with E-state index < -0.39 is 0 Å². The highest BCUT2D eigenvalue weighted by atomic mass is 16.3. The number of hydrogen-bond donors (Lipinski definition) is 2. The molecule has 3 nitrogen and oxygen atoms in total. The van der Waals surface area contributed by atoms with Gasteiger partial charge in [-0.25, -0.2) is 0 Å². The fourth-order valence-electron chi connectivity index (χ4n) is 4.59. The zero-order valence-electron chi connectivity index (χ0n) is 14.7. The number of carbonyl (C=O) groups is 1. The van der Waals surface area contributed by atoms with Gasteiger partial charge in [0, 0.05) is 22.1 Å². The van der Waals surface area contributed by atoms with Crippen LogP contribution < -0.4 is 0 Å². The highest BCUT2D eigenvalue weighted by Crippen LogP contribution is 2.58. The number of aromatic hydroxyl groups is 2. The number of phenolic OH excluding ortho intramolecular Hbond substituents is 2. The zero-order valence-corrected chi connectivity index (χ0v) is 14.7. The molecule has 2 aliphatic rings. The number of ketones is 1. The summed E-state index contributed by atoms with van der Waals surface area (Å²) in [5.74, 6) is -0.192. The summed E-state index contributed by atoms with van der Waals surface area (Å²) in [5.41, 5.74) is 2.43.